The van der Waals surface area contributed by atoms with Crippen molar-refractivity contribution < 1.29 is 43.5 Å². The van der Waals surface area contributed by atoms with E-state index >= 15 is 0 Å². The molecular weight excluding hydrogens is 191 g/mol. The zero-order valence-corrected chi connectivity index (χ0v) is 6.72. The van der Waals surface area contributed by atoms with E-state index in [0.29, 0.717) is 0 Å². The predicted molar refractivity (Wildman–Crippen MR) is 21.5 cm³/mol. The van der Waals surface area contributed by atoms with E-state index in [9.17, 15) is 24.6 Å². The molecule has 0 unspecified atom stereocenters. The number of hydrogen-bond acceptors (Lipinski definition) is 0. The van der Waals surface area contributed by atoms with Crippen LogP contribution >= 0.6 is 0 Å². The van der Waals surface area contributed by atoms with Gasteiger partial charge in [-0.2, -0.15) is 0 Å². The van der Waals surface area contributed by atoms with E-state index in [1.165, 1.54) is 0 Å². The van der Waals surface area contributed by atoms with Crippen LogP contribution in [0.25, 0.3) is 4.65 Å². The molecule has 0 radical (unpaired) electrons. The summed E-state index contributed by atoms with van der Waals surface area (Å²) >= 11 is 0. The summed E-state index contributed by atoms with van der Waals surface area (Å²) in [6.45, 7) is 0. The minimum atomic E-state index is -6.73. The molecule has 1 nitrogen and oxygen atoms in total. The van der Waals surface area contributed by atoms with Gasteiger partial charge in [0.15, 0.2) is 0 Å². The molecule has 0 aromatic carbocycles. The van der Waals surface area contributed by atoms with Crippen LogP contribution in [-0.4, -0.2) is 18.5 Å². The number of rotatable bonds is 2. The minimum Gasteiger partial charge on any atom is -0.502 e. The van der Waals surface area contributed by atoms with E-state index in [2.05, 4.69) is 0 Å². The van der Waals surface area contributed by atoms with Crippen molar-refractivity contribution in [2.24, 2.45) is 0 Å². The fraction of sp³-hybridized carbons (Fsp3) is 0. The Balaban J connectivity index is 0. The Hall–Kier alpha value is 0.571. The molecule has 0 bridgehead atoms. The van der Waals surface area contributed by atoms with Crippen molar-refractivity contribution in [1.29, 1.82) is 0 Å². The molecule has 0 rings (SSSR count). The van der Waals surface area contributed by atoms with Crippen molar-refractivity contribution in [2.75, 3.05) is 0 Å². The molecule has 0 atom stereocenters. The third-order valence-corrected chi connectivity index (χ3v) is 2.28. The zero-order valence-electron chi connectivity index (χ0n) is 4.72. The Bertz CT molecular complexity index is 80.9. The first kappa shape index (κ1) is 13.2. The summed E-state index contributed by atoms with van der Waals surface area (Å²) < 4.78 is 65.9. The second kappa shape index (κ2) is 3.82. The number of hydrogen-bond donors (Lipinski definition) is 0. The van der Waals surface area contributed by atoms with Crippen LogP contribution in [0.1, 0.15) is 0 Å². The summed E-state index contributed by atoms with van der Waals surface area (Å²) in [4.78, 5) is 0. The first-order chi connectivity index (χ1) is 3.71. The summed E-state index contributed by atoms with van der Waals surface area (Å²) in [5.74, 6) is 0. The van der Waals surface area contributed by atoms with Gasteiger partial charge in [0.05, 0.1) is 0 Å². The molecule has 0 saturated heterocycles. The average molecular weight is 191 g/mol. The van der Waals surface area contributed by atoms with Crippen LogP contribution in [0.3, 0.4) is 0 Å². The van der Waals surface area contributed by atoms with E-state index in [-0.39, 0.29) is 18.9 Å². The van der Waals surface area contributed by atoms with Gasteiger partial charge in [0.1, 0.15) is 0 Å². The Labute approximate surface area is 67.2 Å². The Morgan fingerprint density at radius 3 is 0.900 bits per heavy atom. The van der Waals surface area contributed by atoms with Gasteiger partial charge in [-0.05, 0) is 0 Å². The second-order valence-electron chi connectivity index (χ2n) is 1.05. The minimum absolute atomic E-state index is 0. The number of halogens is 6. The van der Waals surface area contributed by atoms with Crippen molar-refractivity contribution in [3.05, 3.63) is 4.65 Å². The Morgan fingerprint density at radius 2 is 0.900 bits per heavy atom. The molecule has 56 valence electrons. The van der Waals surface area contributed by atoms with Crippen molar-refractivity contribution >= 4 is 18.5 Å². The van der Waals surface area contributed by atoms with E-state index < -0.39 is 18.5 Å². The summed E-state index contributed by atoms with van der Waals surface area (Å²) in [6.07, 6.45) is 0. The fourth-order valence-corrected chi connectivity index (χ4v) is 1.29. The van der Waals surface area contributed by atoms with Gasteiger partial charge in [-0.1, -0.05) is 0 Å². The Kier molecular flexibility index (Phi) is 5.03. The molecule has 0 aromatic heterocycles. The van der Waals surface area contributed by atoms with Crippen LogP contribution in [0.4, 0.5) is 24.6 Å². The number of nitrogens with zero attached hydrogens (tertiary/aromatic N) is 1. The van der Waals surface area contributed by atoms with E-state index in [0.717, 1.165) is 4.65 Å². The summed E-state index contributed by atoms with van der Waals surface area (Å²) in [6, 6.07) is 0. The topological polar surface area (TPSA) is 14.1 Å². The molecule has 0 fully saturated rings. The third kappa shape index (κ3) is 11.4. The van der Waals surface area contributed by atoms with Crippen LogP contribution in [0.5, 0.6) is 0 Å². The van der Waals surface area contributed by atoms with E-state index in [4.69, 9.17) is 0 Å². The quantitative estimate of drug-likeness (QED) is 0.303. The van der Waals surface area contributed by atoms with Crippen LogP contribution in [-0.2, 0) is 0 Å². The zero-order chi connectivity index (χ0) is 7.71. The maximum Gasteiger partial charge on any atom is 1.00 e. The normalized spacial score (nSPS) is 12.6. The SMILES string of the molecule is F[Si](F)(F)[N-][Si](F)(F)F.[Li+]. The molecule has 10 heavy (non-hydrogen) atoms. The standard InChI is InChI=1S/F6NSi2.Li/c1-8(2,3)7-9(4,5)6;/q-1;+1. The van der Waals surface area contributed by atoms with Crippen molar-refractivity contribution in [2.45, 2.75) is 0 Å². The van der Waals surface area contributed by atoms with Gasteiger partial charge in [-0.25, -0.2) is 0 Å². The molecule has 0 aromatic rings. The van der Waals surface area contributed by atoms with Gasteiger partial charge in [-0.15, -0.1) is 0 Å². The molecule has 0 spiro atoms. The van der Waals surface area contributed by atoms with Gasteiger partial charge in [-0.3, -0.25) is 24.6 Å². The van der Waals surface area contributed by atoms with E-state index in [1.807, 2.05) is 0 Å². The van der Waals surface area contributed by atoms with Crippen LogP contribution in [0.15, 0.2) is 0 Å². The van der Waals surface area contributed by atoms with Gasteiger partial charge in [0.2, 0.25) is 0 Å². The molecule has 0 aliphatic rings. The molecular formula is F6LiNSi2. The second-order valence-corrected chi connectivity index (χ2v) is 3.81. The molecule has 0 aliphatic heterocycles. The largest absolute Gasteiger partial charge is 1.00 e. The smallest absolute Gasteiger partial charge is 0.502 e. The van der Waals surface area contributed by atoms with Crippen molar-refractivity contribution in [3.63, 3.8) is 0 Å². The first-order valence-electron chi connectivity index (χ1n) is 1.58. The van der Waals surface area contributed by atoms with Crippen LogP contribution in [0.2, 0.25) is 0 Å². The average Bonchev–Trinajstić information content (AvgIpc) is 1.14. The fourth-order valence-electron chi connectivity index (χ4n) is 0.144. The summed E-state index contributed by atoms with van der Waals surface area (Å²) in [5.41, 5.74) is 0. The molecule has 0 heterocycles. The van der Waals surface area contributed by atoms with Gasteiger partial charge in [0, 0.05) is 0 Å². The molecule has 0 N–H and O–H groups in total. The van der Waals surface area contributed by atoms with Gasteiger partial charge >= 0.3 is 37.3 Å². The molecule has 10 heteroatoms. The predicted octanol–water partition coefficient (Wildman–Crippen LogP) is -0.948. The van der Waals surface area contributed by atoms with Crippen molar-refractivity contribution in [1.82, 2.24) is 0 Å². The molecule has 0 saturated carbocycles. The maximum absolute atomic E-state index is 10.8. The van der Waals surface area contributed by atoms with Crippen LogP contribution < -0.4 is 18.9 Å². The van der Waals surface area contributed by atoms with Gasteiger partial charge in [0.25, 0.3) is 0 Å². The first-order valence-corrected chi connectivity index (χ1v) is 4.74. The summed E-state index contributed by atoms with van der Waals surface area (Å²) in [5, 5.41) is 0. The monoisotopic (exact) mass is 191 g/mol. The third-order valence-electron chi connectivity index (χ3n) is 0.254. The van der Waals surface area contributed by atoms with Gasteiger partial charge < -0.3 is 4.65 Å². The Morgan fingerprint density at radius 1 is 0.700 bits per heavy atom. The maximum atomic E-state index is 10.8. The summed E-state index contributed by atoms with van der Waals surface area (Å²) in [7, 11) is -13.5. The van der Waals surface area contributed by atoms with Crippen LogP contribution in [0, 0.1) is 0 Å². The molecule has 0 aliphatic carbocycles. The van der Waals surface area contributed by atoms with Crippen molar-refractivity contribution in [3.8, 4) is 0 Å². The molecule has 0 amide bonds. The van der Waals surface area contributed by atoms with E-state index in [1.54, 1.807) is 0 Å².